The van der Waals surface area contributed by atoms with Gasteiger partial charge in [0, 0.05) is 24.5 Å². The highest BCUT2D eigenvalue weighted by molar-refractivity contribution is 5.70. The number of pyridine rings is 1. The largest absolute Gasteiger partial charge is 0.481 e. The molecule has 3 heterocycles. The second-order valence-electron chi connectivity index (χ2n) is 7.35. The highest BCUT2D eigenvalue weighted by Crippen LogP contribution is 2.28. The van der Waals surface area contributed by atoms with E-state index in [0.29, 0.717) is 38.0 Å². The molecule has 29 heavy (non-hydrogen) atoms. The van der Waals surface area contributed by atoms with Crippen molar-refractivity contribution in [2.45, 2.75) is 26.3 Å². The third-order valence-corrected chi connectivity index (χ3v) is 5.39. The van der Waals surface area contributed by atoms with Gasteiger partial charge in [-0.3, -0.25) is 14.7 Å². The van der Waals surface area contributed by atoms with Crippen LogP contribution in [0.5, 0.6) is 0 Å². The summed E-state index contributed by atoms with van der Waals surface area (Å²) in [5, 5.41) is 18.0. The average molecular weight is 395 g/mol. The molecule has 7 nitrogen and oxygen atoms in total. The summed E-state index contributed by atoms with van der Waals surface area (Å²) in [7, 11) is 0. The maximum absolute atomic E-state index is 13.7. The predicted octanol–water partition coefficient (Wildman–Crippen LogP) is 3.07. The number of hydrogen-bond donors (Lipinski definition) is 1. The van der Waals surface area contributed by atoms with Crippen molar-refractivity contribution in [3.8, 4) is 16.9 Å². The zero-order valence-corrected chi connectivity index (χ0v) is 16.1. The zero-order chi connectivity index (χ0) is 20.4. The second kappa shape index (κ2) is 8.08. The molecule has 3 aromatic rings. The van der Waals surface area contributed by atoms with Gasteiger partial charge in [-0.25, -0.2) is 9.07 Å². The van der Waals surface area contributed by atoms with Gasteiger partial charge in [0.2, 0.25) is 0 Å². The minimum Gasteiger partial charge on any atom is -0.481 e. The highest BCUT2D eigenvalue weighted by Gasteiger charge is 2.26. The molecule has 0 spiro atoms. The summed E-state index contributed by atoms with van der Waals surface area (Å²) in [4.78, 5) is 17.5. The molecule has 2 aromatic heterocycles. The van der Waals surface area contributed by atoms with Crippen LogP contribution >= 0.6 is 0 Å². The number of carbonyl (C=O) groups is 1. The highest BCUT2D eigenvalue weighted by atomic mass is 19.1. The Bertz CT molecular complexity index is 1010. The van der Waals surface area contributed by atoms with E-state index >= 15 is 0 Å². The molecule has 0 radical (unpaired) electrons. The van der Waals surface area contributed by atoms with Crippen molar-refractivity contribution >= 4 is 5.97 Å². The van der Waals surface area contributed by atoms with Gasteiger partial charge >= 0.3 is 5.97 Å². The third-order valence-electron chi connectivity index (χ3n) is 5.39. The molecular formula is C21H22FN5O2. The zero-order valence-electron chi connectivity index (χ0n) is 16.1. The summed E-state index contributed by atoms with van der Waals surface area (Å²) in [6, 6.07) is 8.65. The monoisotopic (exact) mass is 395 g/mol. The van der Waals surface area contributed by atoms with Crippen molar-refractivity contribution in [3.05, 3.63) is 59.8 Å². The summed E-state index contributed by atoms with van der Waals surface area (Å²) < 4.78 is 15.5. The van der Waals surface area contributed by atoms with E-state index in [1.165, 1.54) is 6.07 Å². The summed E-state index contributed by atoms with van der Waals surface area (Å²) in [5.41, 5.74) is 3.82. The van der Waals surface area contributed by atoms with Crippen LogP contribution in [0.4, 0.5) is 4.39 Å². The first-order chi connectivity index (χ1) is 14.0. The molecule has 8 heteroatoms. The molecule has 1 saturated heterocycles. The van der Waals surface area contributed by atoms with E-state index in [-0.39, 0.29) is 11.7 Å². The topological polar surface area (TPSA) is 84.1 Å². The fourth-order valence-corrected chi connectivity index (χ4v) is 3.71. The quantitative estimate of drug-likeness (QED) is 0.715. The van der Waals surface area contributed by atoms with Crippen LogP contribution in [-0.4, -0.2) is 49.0 Å². The minimum absolute atomic E-state index is 0.263. The van der Waals surface area contributed by atoms with Gasteiger partial charge < -0.3 is 5.11 Å². The number of hydrogen-bond acceptors (Lipinski definition) is 5. The van der Waals surface area contributed by atoms with Crippen LogP contribution < -0.4 is 0 Å². The normalized spacial score (nSPS) is 15.5. The molecule has 150 valence electrons. The molecule has 0 unspecified atom stereocenters. The number of likely N-dealkylation sites (tertiary alicyclic amines) is 1. The van der Waals surface area contributed by atoms with Crippen molar-refractivity contribution in [1.29, 1.82) is 0 Å². The van der Waals surface area contributed by atoms with Gasteiger partial charge in [0.15, 0.2) is 0 Å². The van der Waals surface area contributed by atoms with Gasteiger partial charge in [-0.15, -0.1) is 5.10 Å². The fraction of sp³-hybridized carbons (Fsp3) is 0.333. The van der Waals surface area contributed by atoms with Crippen LogP contribution in [0.3, 0.4) is 0 Å². The van der Waals surface area contributed by atoms with Crippen molar-refractivity contribution in [1.82, 2.24) is 24.9 Å². The molecule has 1 fully saturated rings. The number of benzene rings is 1. The van der Waals surface area contributed by atoms with E-state index < -0.39 is 5.97 Å². The Kier molecular flexibility index (Phi) is 5.35. The first-order valence-electron chi connectivity index (χ1n) is 9.59. The number of aromatic nitrogens is 4. The van der Waals surface area contributed by atoms with Gasteiger partial charge in [0.25, 0.3) is 0 Å². The van der Waals surface area contributed by atoms with Crippen molar-refractivity contribution in [3.63, 3.8) is 0 Å². The lowest BCUT2D eigenvalue weighted by molar-refractivity contribution is -0.143. The third kappa shape index (κ3) is 4.02. The number of carboxylic acids is 1. The Balaban J connectivity index is 1.67. The maximum Gasteiger partial charge on any atom is 0.306 e. The Morgan fingerprint density at radius 3 is 2.59 bits per heavy atom. The van der Waals surface area contributed by atoms with Crippen molar-refractivity contribution in [2.24, 2.45) is 5.92 Å². The van der Waals surface area contributed by atoms with Gasteiger partial charge in [0.1, 0.15) is 11.5 Å². The number of carboxylic acid groups (broad SMARTS) is 1. The number of aryl methyl sites for hydroxylation is 1. The molecule has 1 aliphatic rings. The molecule has 1 aliphatic heterocycles. The molecule has 1 N–H and O–H groups in total. The SMILES string of the molecule is Cc1cc(-n2nnc(CN3CCC(C(=O)O)CC3)c2-c2ccncc2)ccc1F. The molecule has 1 aromatic carbocycles. The van der Waals surface area contributed by atoms with E-state index in [0.717, 1.165) is 22.6 Å². The van der Waals surface area contributed by atoms with Gasteiger partial charge in [-0.1, -0.05) is 5.21 Å². The number of rotatable bonds is 5. The maximum atomic E-state index is 13.7. The number of nitrogens with zero attached hydrogens (tertiary/aromatic N) is 5. The van der Waals surface area contributed by atoms with Crippen LogP contribution in [0.1, 0.15) is 24.1 Å². The smallest absolute Gasteiger partial charge is 0.306 e. The van der Waals surface area contributed by atoms with E-state index in [1.807, 2.05) is 12.1 Å². The van der Waals surface area contributed by atoms with E-state index in [2.05, 4.69) is 20.2 Å². The fourth-order valence-electron chi connectivity index (χ4n) is 3.71. The second-order valence-corrected chi connectivity index (χ2v) is 7.35. The number of halogens is 1. The van der Waals surface area contributed by atoms with Crippen LogP contribution in [0.15, 0.2) is 42.7 Å². The van der Waals surface area contributed by atoms with Gasteiger partial charge in [-0.05, 0) is 68.8 Å². The summed E-state index contributed by atoms with van der Waals surface area (Å²) in [6.07, 6.45) is 4.69. The predicted molar refractivity (Wildman–Crippen MR) is 105 cm³/mol. The van der Waals surface area contributed by atoms with E-state index in [1.54, 1.807) is 36.1 Å². The average Bonchev–Trinajstić information content (AvgIpc) is 3.14. The van der Waals surface area contributed by atoms with Gasteiger partial charge in [0.05, 0.1) is 17.3 Å². The number of aliphatic carboxylic acids is 1. The molecular weight excluding hydrogens is 373 g/mol. The molecule has 0 saturated carbocycles. The lowest BCUT2D eigenvalue weighted by Crippen LogP contribution is -2.36. The van der Waals surface area contributed by atoms with Crippen LogP contribution in [0, 0.1) is 18.7 Å². The van der Waals surface area contributed by atoms with Crippen LogP contribution in [0.2, 0.25) is 0 Å². The van der Waals surface area contributed by atoms with Crippen LogP contribution in [0.25, 0.3) is 16.9 Å². The lowest BCUT2D eigenvalue weighted by atomic mass is 9.97. The Labute approximate surface area is 167 Å². The summed E-state index contributed by atoms with van der Waals surface area (Å²) >= 11 is 0. The Hall–Kier alpha value is -3.13. The first-order valence-corrected chi connectivity index (χ1v) is 9.59. The van der Waals surface area contributed by atoms with Crippen molar-refractivity contribution < 1.29 is 14.3 Å². The van der Waals surface area contributed by atoms with Crippen LogP contribution in [-0.2, 0) is 11.3 Å². The molecule has 0 aliphatic carbocycles. The van der Waals surface area contributed by atoms with Crippen molar-refractivity contribution in [2.75, 3.05) is 13.1 Å². The molecule has 4 rings (SSSR count). The molecule has 0 amide bonds. The standard InChI is InChI=1S/C21H22FN5O2/c1-14-12-17(2-3-18(14)22)27-20(15-4-8-23-9-5-15)19(24-25-27)13-26-10-6-16(7-11-26)21(28)29/h2-5,8-9,12,16H,6-7,10-11,13H2,1H3,(H,28,29). The summed E-state index contributed by atoms with van der Waals surface area (Å²) in [6.45, 7) is 3.70. The van der Waals surface area contributed by atoms with Gasteiger partial charge in [-0.2, -0.15) is 0 Å². The Morgan fingerprint density at radius 1 is 1.21 bits per heavy atom. The van der Waals surface area contributed by atoms with E-state index in [4.69, 9.17) is 0 Å². The van der Waals surface area contributed by atoms with E-state index in [9.17, 15) is 14.3 Å². The lowest BCUT2D eigenvalue weighted by Gasteiger charge is -2.29. The first kappa shape index (κ1) is 19.2. The molecule has 0 atom stereocenters. The summed E-state index contributed by atoms with van der Waals surface area (Å²) in [5.74, 6) is -1.26. The molecule has 0 bridgehead atoms. The Morgan fingerprint density at radius 2 is 1.93 bits per heavy atom. The minimum atomic E-state index is -0.722. The number of piperidine rings is 1.